The molecule has 0 spiro atoms. The highest BCUT2D eigenvalue weighted by atomic mass is 16.4. The predicted octanol–water partition coefficient (Wildman–Crippen LogP) is 1.60. The number of furan rings is 1. The average Bonchev–Trinajstić information content (AvgIpc) is 3.04. The van der Waals surface area contributed by atoms with Crippen molar-refractivity contribution in [3.05, 3.63) is 30.2 Å². The molecular weight excluding hydrogens is 262 g/mol. The van der Waals surface area contributed by atoms with Gasteiger partial charge in [0.2, 0.25) is 0 Å². The molecule has 7 heteroatoms. The zero-order valence-corrected chi connectivity index (χ0v) is 11.2. The Kier molecular flexibility index (Phi) is 3.88. The Balaban J connectivity index is 2.22. The lowest BCUT2D eigenvalue weighted by Gasteiger charge is -2.23. The number of nitrogens with one attached hydrogen (secondary N) is 1. The number of amides is 1. The highest BCUT2D eigenvalue weighted by Crippen LogP contribution is 2.18. The van der Waals surface area contributed by atoms with E-state index in [1.165, 1.54) is 11.2 Å². The van der Waals surface area contributed by atoms with Gasteiger partial charge in [0.15, 0.2) is 11.5 Å². The van der Waals surface area contributed by atoms with E-state index in [4.69, 9.17) is 9.52 Å². The first kappa shape index (κ1) is 13.9. The van der Waals surface area contributed by atoms with Crippen LogP contribution in [-0.4, -0.2) is 44.7 Å². The van der Waals surface area contributed by atoms with Crippen LogP contribution < -0.4 is 0 Å². The second-order valence-electron chi connectivity index (χ2n) is 4.56. The van der Waals surface area contributed by atoms with Gasteiger partial charge in [0.05, 0.1) is 6.26 Å². The Morgan fingerprint density at radius 1 is 1.50 bits per heavy atom. The Hall–Kier alpha value is -2.57. The lowest BCUT2D eigenvalue weighted by atomic mass is 10.2. The fourth-order valence-corrected chi connectivity index (χ4v) is 1.77. The van der Waals surface area contributed by atoms with E-state index in [9.17, 15) is 9.59 Å². The molecule has 0 bridgehead atoms. The normalized spacial score (nSPS) is 10.8. The van der Waals surface area contributed by atoms with Gasteiger partial charge in [-0.05, 0) is 26.0 Å². The standard InChI is InChI=1S/C13H15N3O4/c1-8(2)16(7-12(17)18)13(19)10-6-9(14-15-10)11-4-3-5-20-11/h3-6,8H,7H2,1-2H3,(H,14,15)(H,17,18). The maximum Gasteiger partial charge on any atom is 0.323 e. The molecule has 0 fully saturated rings. The first-order valence-electron chi connectivity index (χ1n) is 6.11. The van der Waals surface area contributed by atoms with Gasteiger partial charge in [-0.2, -0.15) is 5.10 Å². The molecule has 106 valence electrons. The van der Waals surface area contributed by atoms with Gasteiger partial charge in [0.1, 0.15) is 12.2 Å². The van der Waals surface area contributed by atoms with Crippen molar-refractivity contribution >= 4 is 11.9 Å². The molecule has 0 atom stereocenters. The van der Waals surface area contributed by atoms with Crippen LogP contribution in [-0.2, 0) is 4.79 Å². The first-order valence-corrected chi connectivity index (χ1v) is 6.11. The van der Waals surface area contributed by atoms with Gasteiger partial charge in [-0.25, -0.2) is 0 Å². The van der Waals surface area contributed by atoms with E-state index in [0.29, 0.717) is 11.5 Å². The molecule has 0 aliphatic heterocycles. The van der Waals surface area contributed by atoms with Crippen molar-refractivity contribution in [2.75, 3.05) is 6.54 Å². The van der Waals surface area contributed by atoms with Gasteiger partial charge in [-0.1, -0.05) is 0 Å². The molecule has 2 aromatic heterocycles. The number of carboxylic acids is 1. The molecule has 7 nitrogen and oxygen atoms in total. The molecule has 0 saturated heterocycles. The number of H-pyrrole nitrogens is 1. The van der Waals surface area contributed by atoms with Gasteiger partial charge < -0.3 is 14.4 Å². The van der Waals surface area contributed by atoms with E-state index in [-0.39, 0.29) is 18.3 Å². The lowest BCUT2D eigenvalue weighted by Crippen LogP contribution is -2.40. The third-order valence-corrected chi connectivity index (χ3v) is 2.77. The summed E-state index contributed by atoms with van der Waals surface area (Å²) in [4.78, 5) is 24.3. The number of hydrogen-bond acceptors (Lipinski definition) is 4. The van der Waals surface area contributed by atoms with Gasteiger partial charge in [0.25, 0.3) is 5.91 Å². The van der Waals surface area contributed by atoms with Crippen molar-refractivity contribution in [2.24, 2.45) is 0 Å². The Morgan fingerprint density at radius 2 is 2.25 bits per heavy atom. The van der Waals surface area contributed by atoms with E-state index < -0.39 is 11.9 Å². The summed E-state index contributed by atoms with van der Waals surface area (Å²) in [6, 6.07) is 4.77. The minimum atomic E-state index is -1.06. The Bertz CT molecular complexity index is 601. The number of rotatable bonds is 5. The van der Waals surface area contributed by atoms with Gasteiger partial charge in [-0.3, -0.25) is 14.7 Å². The number of carboxylic acid groups (broad SMARTS) is 1. The molecule has 0 saturated carbocycles. The summed E-state index contributed by atoms with van der Waals surface area (Å²) in [5, 5.41) is 15.5. The molecule has 2 N–H and O–H groups in total. The minimum absolute atomic E-state index is 0.159. The highest BCUT2D eigenvalue weighted by molar-refractivity contribution is 5.95. The van der Waals surface area contributed by atoms with Crippen molar-refractivity contribution in [1.29, 1.82) is 0 Å². The molecule has 20 heavy (non-hydrogen) atoms. The first-order chi connectivity index (χ1) is 9.49. The van der Waals surface area contributed by atoms with Gasteiger partial charge in [-0.15, -0.1) is 0 Å². The number of carbonyl (C=O) groups excluding carboxylic acids is 1. The van der Waals surface area contributed by atoms with Gasteiger partial charge in [0, 0.05) is 12.1 Å². The molecule has 0 aromatic carbocycles. The molecule has 2 rings (SSSR count). The molecular formula is C13H15N3O4. The van der Waals surface area contributed by atoms with E-state index in [1.807, 2.05) is 0 Å². The zero-order chi connectivity index (χ0) is 14.7. The fourth-order valence-electron chi connectivity index (χ4n) is 1.77. The maximum absolute atomic E-state index is 12.3. The van der Waals surface area contributed by atoms with Crippen molar-refractivity contribution in [3.8, 4) is 11.5 Å². The van der Waals surface area contributed by atoms with Crippen molar-refractivity contribution in [3.63, 3.8) is 0 Å². The number of carbonyl (C=O) groups is 2. The molecule has 0 radical (unpaired) electrons. The smallest absolute Gasteiger partial charge is 0.323 e. The van der Waals surface area contributed by atoms with E-state index in [0.717, 1.165) is 0 Å². The van der Waals surface area contributed by atoms with Crippen LogP contribution in [0.25, 0.3) is 11.5 Å². The average molecular weight is 277 g/mol. The lowest BCUT2D eigenvalue weighted by molar-refractivity contribution is -0.138. The van der Waals surface area contributed by atoms with Crippen molar-refractivity contribution in [2.45, 2.75) is 19.9 Å². The minimum Gasteiger partial charge on any atom is -0.480 e. The van der Waals surface area contributed by atoms with Crippen LogP contribution in [0, 0.1) is 0 Å². The number of hydrogen-bond donors (Lipinski definition) is 2. The largest absolute Gasteiger partial charge is 0.480 e. The second kappa shape index (κ2) is 5.60. The summed E-state index contributed by atoms with van der Waals surface area (Å²) in [6.07, 6.45) is 1.52. The van der Waals surface area contributed by atoms with Crippen LogP contribution >= 0.6 is 0 Å². The molecule has 2 heterocycles. The number of aliphatic carboxylic acids is 1. The van der Waals surface area contributed by atoms with E-state index in [1.54, 1.807) is 32.0 Å². The number of nitrogens with zero attached hydrogens (tertiary/aromatic N) is 2. The summed E-state index contributed by atoms with van der Waals surface area (Å²) in [5.74, 6) is -0.934. The van der Waals surface area contributed by atoms with E-state index in [2.05, 4.69) is 10.2 Å². The van der Waals surface area contributed by atoms with Crippen LogP contribution in [0.3, 0.4) is 0 Å². The third-order valence-electron chi connectivity index (χ3n) is 2.77. The molecule has 0 aliphatic carbocycles. The summed E-state index contributed by atoms with van der Waals surface area (Å²) in [7, 11) is 0. The van der Waals surface area contributed by atoms with Crippen LogP contribution in [0.15, 0.2) is 28.9 Å². The molecule has 0 aliphatic rings. The highest BCUT2D eigenvalue weighted by Gasteiger charge is 2.23. The number of aromatic amines is 1. The number of aromatic nitrogens is 2. The Labute approximate surface area is 115 Å². The summed E-state index contributed by atoms with van der Waals surface area (Å²) < 4.78 is 5.19. The van der Waals surface area contributed by atoms with Crippen LogP contribution in [0.2, 0.25) is 0 Å². The topological polar surface area (TPSA) is 99.4 Å². The molecule has 1 amide bonds. The molecule has 2 aromatic rings. The monoisotopic (exact) mass is 277 g/mol. The SMILES string of the molecule is CC(C)N(CC(=O)O)C(=O)c1cc(-c2ccco2)[nH]n1. The predicted molar refractivity (Wildman–Crippen MR) is 70.1 cm³/mol. The van der Waals surface area contributed by atoms with Crippen molar-refractivity contribution in [1.82, 2.24) is 15.1 Å². The van der Waals surface area contributed by atoms with Gasteiger partial charge >= 0.3 is 5.97 Å². The van der Waals surface area contributed by atoms with Crippen LogP contribution in [0.1, 0.15) is 24.3 Å². The summed E-state index contributed by atoms with van der Waals surface area (Å²) in [6.45, 7) is 3.14. The molecule has 0 unspecified atom stereocenters. The van der Waals surface area contributed by atoms with Crippen LogP contribution in [0.5, 0.6) is 0 Å². The second-order valence-corrected chi connectivity index (χ2v) is 4.56. The maximum atomic E-state index is 12.3. The Morgan fingerprint density at radius 3 is 2.80 bits per heavy atom. The van der Waals surface area contributed by atoms with Crippen molar-refractivity contribution < 1.29 is 19.1 Å². The zero-order valence-electron chi connectivity index (χ0n) is 11.2. The summed E-state index contributed by atoms with van der Waals surface area (Å²) in [5.41, 5.74) is 0.726. The fraction of sp³-hybridized carbons (Fsp3) is 0.308. The quantitative estimate of drug-likeness (QED) is 0.864. The summed E-state index contributed by atoms with van der Waals surface area (Å²) >= 11 is 0. The van der Waals surface area contributed by atoms with Crippen LogP contribution in [0.4, 0.5) is 0 Å². The van der Waals surface area contributed by atoms with E-state index >= 15 is 0 Å². The third kappa shape index (κ3) is 2.87.